The molecule has 1 unspecified atom stereocenters. The van der Waals surface area contributed by atoms with Gasteiger partial charge in [-0.1, -0.05) is 12.1 Å². The summed E-state index contributed by atoms with van der Waals surface area (Å²) in [7, 11) is 0. The molecular weight excluding hydrogens is 422 g/mol. The second kappa shape index (κ2) is 14.8. The van der Waals surface area contributed by atoms with Gasteiger partial charge in [0.25, 0.3) is 0 Å². The van der Waals surface area contributed by atoms with Crippen molar-refractivity contribution in [3.05, 3.63) is 114 Å². The molecule has 4 nitrogen and oxygen atoms in total. The van der Waals surface area contributed by atoms with E-state index < -0.39 is 23.5 Å². The Morgan fingerprint density at radius 2 is 1.17 bits per heavy atom. The molecule has 0 aliphatic rings. The number of aliphatic hydroxyl groups is 1. The molecular formula is C22H15F3KNO3. The van der Waals surface area contributed by atoms with Crippen molar-refractivity contribution in [2.45, 2.75) is 6.10 Å². The number of aliphatic hydroxyl groups excluding tert-OH is 1. The maximum atomic E-state index is 12.7. The molecule has 0 saturated heterocycles. The zero-order valence-corrected chi connectivity index (χ0v) is 19.1. The van der Waals surface area contributed by atoms with Gasteiger partial charge in [-0.3, -0.25) is 9.59 Å². The molecule has 1 N–H and O–H groups in total. The van der Waals surface area contributed by atoms with Gasteiger partial charge >= 0.3 is 51.4 Å². The van der Waals surface area contributed by atoms with Crippen LogP contribution in [0.4, 0.5) is 13.2 Å². The van der Waals surface area contributed by atoms with Gasteiger partial charge in [-0.15, -0.1) is 0 Å². The molecule has 0 bridgehead atoms. The van der Waals surface area contributed by atoms with Gasteiger partial charge in [-0.2, -0.15) is 0 Å². The molecule has 0 spiro atoms. The summed E-state index contributed by atoms with van der Waals surface area (Å²) >= 11 is 0. The van der Waals surface area contributed by atoms with E-state index in [9.17, 15) is 27.9 Å². The van der Waals surface area contributed by atoms with E-state index in [0.29, 0.717) is 17.4 Å². The Hall–Kier alpha value is -2.12. The number of aldehydes is 1. The van der Waals surface area contributed by atoms with Crippen LogP contribution in [0, 0.1) is 29.3 Å². The summed E-state index contributed by atoms with van der Waals surface area (Å²) in [5.41, 5.74) is 0.996. The van der Waals surface area contributed by atoms with Crippen LogP contribution in [0.3, 0.4) is 0 Å². The zero-order chi connectivity index (χ0) is 21.8. The summed E-state index contributed by atoms with van der Waals surface area (Å²) in [6.45, 7) is 4.75. The third kappa shape index (κ3) is 9.13. The van der Waals surface area contributed by atoms with E-state index >= 15 is 0 Å². The Kier molecular flexibility index (Phi) is 13.7. The second-order valence-corrected chi connectivity index (χ2v) is 5.49. The van der Waals surface area contributed by atoms with Gasteiger partial charge in [0.1, 0.15) is 29.8 Å². The number of rotatable bonds is 4. The van der Waals surface area contributed by atoms with Gasteiger partial charge in [-0.05, 0) is 66.2 Å². The van der Waals surface area contributed by atoms with Crippen molar-refractivity contribution >= 4 is 12.1 Å². The van der Waals surface area contributed by atoms with Crippen LogP contribution in [-0.4, -0.2) is 17.2 Å². The van der Waals surface area contributed by atoms with Crippen LogP contribution in [-0.2, 0) is 0 Å². The Labute approximate surface area is 214 Å². The first-order valence-corrected chi connectivity index (χ1v) is 8.07. The molecule has 0 radical (unpaired) electrons. The van der Waals surface area contributed by atoms with Crippen LogP contribution in [0.15, 0.2) is 72.8 Å². The fourth-order valence-corrected chi connectivity index (χ4v) is 2.11. The molecule has 0 saturated carbocycles. The molecule has 0 aliphatic heterocycles. The third-order valence-electron chi connectivity index (χ3n) is 3.57. The van der Waals surface area contributed by atoms with Crippen LogP contribution in [0.1, 0.15) is 32.4 Å². The molecule has 148 valence electrons. The monoisotopic (exact) mass is 437 g/mol. The number of hydrogen-bond acceptors (Lipinski definition) is 4. The Bertz CT molecular complexity index is 944. The molecule has 0 aromatic heterocycles. The van der Waals surface area contributed by atoms with Crippen molar-refractivity contribution in [1.82, 2.24) is 0 Å². The van der Waals surface area contributed by atoms with E-state index in [1.54, 1.807) is 0 Å². The quantitative estimate of drug-likeness (QED) is 0.291. The van der Waals surface area contributed by atoms with Crippen LogP contribution < -0.4 is 51.4 Å². The number of benzene rings is 3. The normalized spacial score (nSPS) is 10.1. The predicted molar refractivity (Wildman–Crippen MR) is 98.8 cm³/mol. The van der Waals surface area contributed by atoms with E-state index in [-0.39, 0.29) is 62.8 Å². The number of carbonyl (C=O) groups is 2. The molecule has 0 heterocycles. The maximum absolute atomic E-state index is 12.7. The average molecular weight is 437 g/mol. The SMILES string of the molecule is O=C(c1ccc(F)cc1)C(O)c1ccc(F)cc1.O=Cc1ccc(F)cc1.[C-]#N.[K+]. The minimum atomic E-state index is -1.38. The number of Topliss-reactive ketones (excluding diaryl/α,β-unsaturated/α-hetero) is 1. The largest absolute Gasteiger partial charge is 1.00 e. The molecule has 3 aromatic rings. The summed E-state index contributed by atoms with van der Waals surface area (Å²) in [6.07, 6.45) is -0.699. The zero-order valence-electron chi connectivity index (χ0n) is 15.9. The molecule has 3 aromatic carbocycles. The Morgan fingerprint density at radius 1 is 0.800 bits per heavy atom. The molecule has 8 heteroatoms. The number of halogens is 3. The molecule has 1 atom stereocenters. The molecule has 3 rings (SSSR count). The smallest absolute Gasteiger partial charge is 0.512 e. The van der Waals surface area contributed by atoms with E-state index in [1.807, 2.05) is 0 Å². The minimum Gasteiger partial charge on any atom is -0.512 e. The molecule has 0 amide bonds. The first-order valence-electron chi connectivity index (χ1n) is 8.07. The van der Waals surface area contributed by atoms with Crippen molar-refractivity contribution in [1.29, 1.82) is 5.26 Å². The van der Waals surface area contributed by atoms with E-state index in [0.717, 1.165) is 24.3 Å². The predicted octanol–water partition coefficient (Wildman–Crippen LogP) is 1.62. The first-order chi connectivity index (χ1) is 13.9. The van der Waals surface area contributed by atoms with Crippen LogP contribution >= 0.6 is 0 Å². The Morgan fingerprint density at radius 3 is 1.57 bits per heavy atom. The van der Waals surface area contributed by atoms with E-state index in [4.69, 9.17) is 11.8 Å². The van der Waals surface area contributed by atoms with E-state index in [2.05, 4.69) is 0 Å². The minimum absolute atomic E-state index is 0. The van der Waals surface area contributed by atoms with Gasteiger partial charge in [0, 0.05) is 11.1 Å². The van der Waals surface area contributed by atoms with Crippen molar-refractivity contribution in [3.8, 4) is 0 Å². The first kappa shape index (κ1) is 27.9. The second-order valence-electron chi connectivity index (χ2n) is 5.49. The number of carbonyl (C=O) groups excluding carboxylic acids is 2. The number of hydrogen-bond donors (Lipinski definition) is 1. The summed E-state index contributed by atoms with van der Waals surface area (Å²) < 4.78 is 37.5. The van der Waals surface area contributed by atoms with Gasteiger partial charge in [0.2, 0.25) is 0 Å². The molecule has 30 heavy (non-hydrogen) atoms. The summed E-state index contributed by atoms with van der Waals surface area (Å²) in [4.78, 5) is 21.9. The summed E-state index contributed by atoms with van der Waals surface area (Å²) in [5.74, 6) is -1.77. The van der Waals surface area contributed by atoms with Gasteiger partial charge in [-0.25, -0.2) is 13.2 Å². The molecule has 0 aliphatic carbocycles. The van der Waals surface area contributed by atoms with Gasteiger partial charge in [0.05, 0.1) is 0 Å². The van der Waals surface area contributed by atoms with Crippen molar-refractivity contribution < 1.29 is 79.3 Å². The fraction of sp³-hybridized carbons (Fsp3) is 0.0455. The summed E-state index contributed by atoms with van der Waals surface area (Å²) in [6, 6.07) is 15.2. The number of ketones is 1. The average Bonchev–Trinajstić information content (AvgIpc) is 2.76. The summed E-state index contributed by atoms with van der Waals surface area (Å²) in [5, 5.41) is 16.1. The van der Waals surface area contributed by atoms with Gasteiger partial charge < -0.3 is 16.9 Å². The maximum Gasteiger partial charge on any atom is 1.00 e. The van der Waals surface area contributed by atoms with E-state index in [1.165, 1.54) is 48.5 Å². The van der Waals surface area contributed by atoms with Crippen molar-refractivity contribution in [2.75, 3.05) is 0 Å². The standard InChI is InChI=1S/C14H10F2O2.C7H5FO.CN.K/c15-11-5-1-9(2-6-11)13(17)14(18)10-3-7-12(16)8-4-10;8-7-3-1-6(5-9)2-4-7;1-2;/h1-8,13,17H;1-5H;;/q;;-1;+1. The van der Waals surface area contributed by atoms with Crippen molar-refractivity contribution in [3.63, 3.8) is 0 Å². The van der Waals surface area contributed by atoms with Gasteiger partial charge in [0.15, 0.2) is 5.78 Å². The third-order valence-corrected chi connectivity index (χ3v) is 3.57. The van der Waals surface area contributed by atoms with Crippen LogP contribution in [0.2, 0.25) is 0 Å². The fourth-order valence-electron chi connectivity index (χ4n) is 2.11. The Balaban J connectivity index is 0.000000594. The van der Waals surface area contributed by atoms with Crippen molar-refractivity contribution in [2.24, 2.45) is 0 Å². The number of nitrogens with zero attached hydrogens (tertiary/aromatic N) is 1. The van der Waals surface area contributed by atoms with Crippen LogP contribution in [0.5, 0.6) is 0 Å². The topological polar surface area (TPSA) is 78.2 Å². The van der Waals surface area contributed by atoms with Crippen LogP contribution in [0.25, 0.3) is 0 Å². The molecule has 0 fully saturated rings.